The summed E-state index contributed by atoms with van der Waals surface area (Å²) in [4.78, 5) is 7.16. The Hall–Kier alpha value is -1.97. The van der Waals surface area contributed by atoms with Gasteiger partial charge in [-0.3, -0.25) is 0 Å². The molecule has 1 aromatic heterocycles. The van der Waals surface area contributed by atoms with E-state index in [-0.39, 0.29) is 5.75 Å². The van der Waals surface area contributed by atoms with Crippen molar-refractivity contribution in [1.29, 1.82) is 0 Å². The van der Waals surface area contributed by atoms with Crippen molar-refractivity contribution in [2.75, 3.05) is 6.61 Å². The van der Waals surface area contributed by atoms with Crippen LogP contribution in [0.5, 0.6) is 11.5 Å². The first-order chi connectivity index (χ1) is 10.0. The number of imidazole rings is 1. The number of phenols is 1. The second-order valence-electron chi connectivity index (χ2n) is 6.08. The van der Waals surface area contributed by atoms with Crippen LogP contribution < -0.4 is 4.74 Å². The van der Waals surface area contributed by atoms with Crippen LogP contribution in [0.1, 0.15) is 32.0 Å². The van der Waals surface area contributed by atoms with Crippen LogP contribution >= 0.6 is 0 Å². The molecule has 1 aromatic carbocycles. The number of aromatic hydroxyl groups is 1. The second kappa shape index (κ2) is 7.16. The number of H-pyrrole nitrogens is 1. The molecular formula is C17H24N2O2. The zero-order chi connectivity index (χ0) is 15.2. The molecule has 1 atom stereocenters. The summed E-state index contributed by atoms with van der Waals surface area (Å²) < 4.78 is 5.72. The average molecular weight is 288 g/mol. The summed E-state index contributed by atoms with van der Waals surface area (Å²) in [7, 11) is 0. The van der Waals surface area contributed by atoms with Crippen molar-refractivity contribution in [3.8, 4) is 11.5 Å². The quantitative estimate of drug-likeness (QED) is 0.819. The van der Waals surface area contributed by atoms with Gasteiger partial charge in [0.15, 0.2) is 11.5 Å². The molecule has 4 nitrogen and oxygen atoms in total. The summed E-state index contributed by atoms with van der Waals surface area (Å²) in [5.74, 6) is 1.68. The molecule has 0 saturated carbocycles. The van der Waals surface area contributed by atoms with Crippen molar-refractivity contribution in [2.24, 2.45) is 11.8 Å². The number of benzene rings is 1. The van der Waals surface area contributed by atoms with Gasteiger partial charge in [-0.05, 0) is 42.4 Å². The Balaban J connectivity index is 1.87. The Labute approximate surface area is 126 Å². The molecule has 1 heterocycles. The molecule has 0 fully saturated rings. The molecule has 0 saturated heterocycles. The van der Waals surface area contributed by atoms with Gasteiger partial charge in [-0.15, -0.1) is 0 Å². The zero-order valence-electron chi connectivity index (χ0n) is 13.0. The number of aromatic nitrogens is 2. The van der Waals surface area contributed by atoms with E-state index in [2.05, 4.69) is 30.7 Å². The summed E-state index contributed by atoms with van der Waals surface area (Å²) in [5, 5.41) is 10.0. The predicted molar refractivity (Wildman–Crippen MR) is 83.6 cm³/mol. The molecule has 0 spiro atoms. The smallest absolute Gasteiger partial charge is 0.160 e. The summed E-state index contributed by atoms with van der Waals surface area (Å²) in [5.41, 5.74) is 2.17. The molecule has 2 N–H and O–H groups in total. The molecule has 0 aliphatic rings. The topological polar surface area (TPSA) is 58.1 Å². The van der Waals surface area contributed by atoms with Crippen molar-refractivity contribution in [1.82, 2.24) is 9.97 Å². The van der Waals surface area contributed by atoms with E-state index in [1.54, 1.807) is 12.4 Å². The van der Waals surface area contributed by atoms with E-state index in [0.29, 0.717) is 24.2 Å². The van der Waals surface area contributed by atoms with Gasteiger partial charge in [-0.2, -0.15) is 0 Å². The maximum Gasteiger partial charge on any atom is 0.160 e. The van der Waals surface area contributed by atoms with Gasteiger partial charge in [-0.25, -0.2) is 4.98 Å². The van der Waals surface area contributed by atoms with E-state index in [0.717, 1.165) is 24.1 Å². The highest BCUT2D eigenvalue weighted by molar-refractivity contribution is 5.41. The number of phenolic OH excluding ortho intramolecular Hbond substituents is 1. The maximum atomic E-state index is 10.0. The van der Waals surface area contributed by atoms with Crippen molar-refractivity contribution >= 4 is 0 Å². The zero-order valence-corrected chi connectivity index (χ0v) is 13.0. The summed E-state index contributed by atoms with van der Waals surface area (Å²) >= 11 is 0. The lowest BCUT2D eigenvalue weighted by molar-refractivity contribution is 0.248. The van der Waals surface area contributed by atoms with Crippen LogP contribution in [-0.4, -0.2) is 21.7 Å². The van der Waals surface area contributed by atoms with Gasteiger partial charge in [-0.1, -0.05) is 26.8 Å². The number of nitrogens with one attached hydrogen (secondary N) is 1. The van der Waals surface area contributed by atoms with Gasteiger partial charge < -0.3 is 14.8 Å². The molecule has 1 unspecified atom stereocenters. The lowest BCUT2D eigenvalue weighted by Gasteiger charge is -2.14. The highest BCUT2D eigenvalue weighted by Crippen LogP contribution is 2.28. The number of nitrogens with zero attached hydrogens (tertiary/aromatic N) is 1. The third kappa shape index (κ3) is 4.81. The largest absolute Gasteiger partial charge is 0.504 e. The van der Waals surface area contributed by atoms with Crippen LogP contribution in [0.4, 0.5) is 0 Å². The maximum absolute atomic E-state index is 10.0. The van der Waals surface area contributed by atoms with E-state index < -0.39 is 0 Å². The summed E-state index contributed by atoms with van der Waals surface area (Å²) in [6.07, 6.45) is 5.40. The van der Waals surface area contributed by atoms with Gasteiger partial charge in [0.1, 0.15) is 0 Å². The average Bonchev–Trinajstić information content (AvgIpc) is 2.90. The van der Waals surface area contributed by atoms with E-state index >= 15 is 0 Å². The van der Waals surface area contributed by atoms with Crippen LogP contribution in [0.25, 0.3) is 0 Å². The highest BCUT2D eigenvalue weighted by Gasteiger charge is 2.09. The van der Waals surface area contributed by atoms with Crippen LogP contribution in [0.2, 0.25) is 0 Å². The van der Waals surface area contributed by atoms with Gasteiger partial charge >= 0.3 is 0 Å². The molecular weight excluding hydrogens is 264 g/mol. The molecule has 2 rings (SSSR count). The van der Waals surface area contributed by atoms with E-state index in [4.69, 9.17) is 4.74 Å². The molecule has 4 heteroatoms. The Morgan fingerprint density at radius 2 is 2.05 bits per heavy atom. The van der Waals surface area contributed by atoms with Gasteiger partial charge in [0.25, 0.3) is 0 Å². The Morgan fingerprint density at radius 1 is 1.24 bits per heavy atom. The standard InChI is InChI=1S/C17H24N2O2/c1-12(2)6-14-4-5-17(16(20)8-14)21-10-13(3)7-15-9-18-11-19-15/h4-5,8-9,11-13,20H,6-7,10H2,1-3H3,(H,18,19). The normalized spacial score (nSPS) is 12.6. The third-order valence-electron chi connectivity index (χ3n) is 3.30. The lowest BCUT2D eigenvalue weighted by Crippen LogP contribution is -2.11. The monoisotopic (exact) mass is 288 g/mol. The highest BCUT2D eigenvalue weighted by atomic mass is 16.5. The lowest BCUT2D eigenvalue weighted by atomic mass is 10.0. The van der Waals surface area contributed by atoms with Crippen LogP contribution in [0.3, 0.4) is 0 Å². The molecule has 0 aliphatic heterocycles. The van der Waals surface area contributed by atoms with Crippen LogP contribution in [0, 0.1) is 11.8 Å². The number of hydrogen-bond acceptors (Lipinski definition) is 3. The minimum absolute atomic E-state index is 0.222. The fourth-order valence-corrected chi connectivity index (χ4v) is 2.33. The third-order valence-corrected chi connectivity index (χ3v) is 3.30. The van der Waals surface area contributed by atoms with Crippen molar-refractivity contribution in [2.45, 2.75) is 33.6 Å². The first-order valence-electron chi connectivity index (χ1n) is 7.47. The molecule has 0 radical (unpaired) electrons. The number of rotatable bonds is 7. The van der Waals surface area contributed by atoms with Crippen molar-refractivity contribution in [3.63, 3.8) is 0 Å². The fraction of sp³-hybridized carbons (Fsp3) is 0.471. The van der Waals surface area contributed by atoms with Gasteiger partial charge in [0.05, 0.1) is 18.6 Å². The van der Waals surface area contributed by atoms with E-state index in [1.807, 2.05) is 18.3 Å². The van der Waals surface area contributed by atoms with Crippen molar-refractivity contribution < 1.29 is 9.84 Å². The minimum atomic E-state index is 0.222. The van der Waals surface area contributed by atoms with Gasteiger partial charge in [0, 0.05) is 6.20 Å². The molecule has 0 amide bonds. The van der Waals surface area contributed by atoms with Crippen LogP contribution in [0.15, 0.2) is 30.7 Å². The number of ether oxygens (including phenoxy) is 1. The Morgan fingerprint density at radius 3 is 2.67 bits per heavy atom. The molecule has 2 aromatic rings. The number of hydrogen-bond donors (Lipinski definition) is 2. The summed E-state index contributed by atoms with van der Waals surface area (Å²) in [6.45, 7) is 7.00. The van der Waals surface area contributed by atoms with E-state index in [1.165, 1.54) is 0 Å². The molecule has 0 aliphatic carbocycles. The molecule has 114 valence electrons. The second-order valence-corrected chi connectivity index (χ2v) is 6.08. The molecule has 21 heavy (non-hydrogen) atoms. The first-order valence-corrected chi connectivity index (χ1v) is 7.47. The molecule has 0 bridgehead atoms. The van der Waals surface area contributed by atoms with Gasteiger partial charge in [0.2, 0.25) is 0 Å². The Kier molecular flexibility index (Phi) is 5.26. The SMILES string of the molecule is CC(C)Cc1ccc(OCC(C)Cc2c[nH]cn2)c(O)c1. The predicted octanol–water partition coefficient (Wildman–Crippen LogP) is 3.57. The minimum Gasteiger partial charge on any atom is -0.504 e. The first kappa shape index (κ1) is 15.4. The fourth-order valence-electron chi connectivity index (χ4n) is 2.33. The number of aromatic amines is 1. The Bertz CT molecular complexity index is 550. The summed E-state index contributed by atoms with van der Waals surface area (Å²) in [6, 6.07) is 5.68. The van der Waals surface area contributed by atoms with E-state index in [9.17, 15) is 5.11 Å². The van der Waals surface area contributed by atoms with Crippen molar-refractivity contribution in [3.05, 3.63) is 42.0 Å². The van der Waals surface area contributed by atoms with Crippen LogP contribution in [-0.2, 0) is 12.8 Å².